The molecule has 0 aromatic heterocycles. The summed E-state index contributed by atoms with van der Waals surface area (Å²) in [4.78, 5) is 0. The van der Waals surface area contributed by atoms with Crippen molar-refractivity contribution in [2.24, 2.45) is 0 Å². The van der Waals surface area contributed by atoms with Crippen LogP contribution in [0.3, 0.4) is 0 Å². The van der Waals surface area contributed by atoms with Crippen LogP contribution in [0, 0.1) is 5.82 Å². The summed E-state index contributed by atoms with van der Waals surface area (Å²) in [5, 5.41) is 3.21. The lowest BCUT2D eigenvalue weighted by atomic mass is 9.78. The Bertz CT molecular complexity index is 1100. The Morgan fingerprint density at radius 3 is 2.59 bits per heavy atom. The Labute approximate surface area is 164 Å². The first kappa shape index (κ1) is 16.8. The Balaban J connectivity index is 1.71. The lowest BCUT2D eigenvalue weighted by Crippen LogP contribution is -2.08. The van der Waals surface area contributed by atoms with Crippen molar-refractivity contribution >= 4 is 27.9 Å². The van der Waals surface area contributed by atoms with E-state index >= 15 is 0 Å². The molecule has 0 aliphatic heterocycles. The predicted octanol–water partition coefficient (Wildman–Crippen LogP) is 7.27. The van der Waals surface area contributed by atoms with Gasteiger partial charge in [-0.05, 0) is 83.5 Å². The average molecular weight is 375 g/mol. The second-order valence-corrected chi connectivity index (χ2v) is 7.89. The minimum Gasteiger partial charge on any atom is -0.207 e. The highest BCUT2D eigenvalue weighted by molar-refractivity contribution is 6.35. The topological polar surface area (TPSA) is 0 Å². The van der Waals surface area contributed by atoms with Gasteiger partial charge in [0.05, 0.1) is 0 Å². The summed E-state index contributed by atoms with van der Waals surface area (Å²) in [6.45, 7) is 0. The van der Waals surface area contributed by atoms with E-state index in [1.165, 1.54) is 46.2 Å². The molecule has 134 valence electrons. The van der Waals surface area contributed by atoms with E-state index in [0.717, 1.165) is 41.7 Å². The minimum atomic E-state index is -0.194. The summed E-state index contributed by atoms with van der Waals surface area (Å²) in [5.74, 6) is -0.194. The zero-order valence-corrected chi connectivity index (χ0v) is 15.8. The maximum Gasteiger partial charge on any atom is 0.123 e. The minimum absolute atomic E-state index is 0.194. The number of hydrogen-bond acceptors (Lipinski definition) is 0. The highest BCUT2D eigenvalue weighted by Gasteiger charge is 2.22. The maximum absolute atomic E-state index is 13.3. The second-order valence-electron chi connectivity index (χ2n) is 7.48. The third-order valence-corrected chi connectivity index (χ3v) is 6.20. The summed E-state index contributed by atoms with van der Waals surface area (Å²) in [5.41, 5.74) is 8.16. The first-order valence-corrected chi connectivity index (χ1v) is 9.95. The van der Waals surface area contributed by atoms with Gasteiger partial charge >= 0.3 is 0 Å². The van der Waals surface area contributed by atoms with Gasteiger partial charge < -0.3 is 0 Å². The van der Waals surface area contributed by atoms with Crippen LogP contribution in [0.5, 0.6) is 0 Å². The van der Waals surface area contributed by atoms with E-state index in [1.54, 1.807) is 5.57 Å². The van der Waals surface area contributed by atoms with Gasteiger partial charge in [-0.15, -0.1) is 0 Å². The second kappa shape index (κ2) is 6.65. The number of halogens is 2. The molecule has 0 N–H and O–H groups in total. The molecule has 0 nitrogen and oxygen atoms in total. The lowest BCUT2D eigenvalue weighted by molar-refractivity contribution is 0.627. The number of hydrogen-bond donors (Lipinski definition) is 0. The Kier molecular flexibility index (Phi) is 4.13. The van der Waals surface area contributed by atoms with Crippen molar-refractivity contribution in [2.75, 3.05) is 0 Å². The van der Waals surface area contributed by atoms with Gasteiger partial charge in [0.1, 0.15) is 5.82 Å². The molecular weight excluding hydrogens is 355 g/mol. The molecule has 0 spiro atoms. The van der Waals surface area contributed by atoms with E-state index in [9.17, 15) is 4.39 Å². The first-order valence-electron chi connectivity index (χ1n) is 9.57. The van der Waals surface area contributed by atoms with E-state index in [1.807, 2.05) is 18.2 Å². The standard InChI is InChI=1S/C25H20ClF/c26-24-14-8-18(15-16-5-9-19(27)10-6-16)25-22-11-7-17-3-1-2-4-20(17)21(22)12-13-23(24)25/h2,4-6,8-10,12-14H,1,3,7,11,15H2. The molecule has 2 aliphatic carbocycles. The van der Waals surface area contributed by atoms with Crippen LogP contribution in [0.2, 0.25) is 5.02 Å². The fourth-order valence-electron chi connectivity index (χ4n) is 4.57. The largest absolute Gasteiger partial charge is 0.207 e. The van der Waals surface area contributed by atoms with Gasteiger partial charge in [0.2, 0.25) is 0 Å². The molecule has 0 amide bonds. The van der Waals surface area contributed by atoms with Crippen molar-refractivity contribution < 1.29 is 4.39 Å². The van der Waals surface area contributed by atoms with Gasteiger partial charge in [-0.25, -0.2) is 4.39 Å². The van der Waals surface area contributed by atoms with Gasteiger partial charge in [0, 0.05) is 10.4 Å². The monoisotopic (exact) mass is 374 g/mol. The summed E-state index contributed by atoms with van der Waals surface area (Å²) in [6.07, 6.45) is 9.91. The van der Waals surface area contributed by atoms with Crippen molar-refractivity contribution in [3.05, 3.63) is 99.3 Å². The highest BCUT2D eigenvalue weighted by Crippen LogP contribution is 2.42. The van der Waals surface area contributed by atoms with Gasteiger partial charge in [-0.3, -0.25) is 0 Å². The summed E-state index contributed by atoms with van der Waals surface area (Å²) in [7, 11) is 0. The average Bonchev–Trinajstić information content (AvgIpc) is 2.71. The van der Waals surface area contributed by atoms with Crippen LogP contribution in [0.15, 0.2) is 66.3 Å². The van der Waals surface area contributed by atoms with E-state index in [2.05, 4.69) is 30.4 Å². The zero-order chi connectivity index (χ0) is 18.4. The lowest BCUT2D eigenvalue weighted by Gasteiger charge is -2.26. The summed E-state index contributed by atoms with van der Waals surface area (Å²) >= 11 is 6.56. The van der Waals surface area contributed by atoms with Gasteiger partial charge in [-0.1, -0.05) is 59.7 Å². The molecule has 0 saturated heterocycles. The molecular formula is C25H20ClF. The molecule has 2 heteroatoms. The third-order valence-electron chi connectivity index (χ3n) is 5.88. The van der Waals surface area contributed by atoms with Gasteiger partial charge in [-0.2, -0.15) is 0 Å². The first-order chi connectivity index (χ1) is 13.2. The Morgan fingerprint density at radius 1 is 0.889 bits per heavy atom. The normalized spacial score (nSPS) is 15.8. The number of fused-ring (bicyclic) bond motifs is 4. The molecule has 3 aromatic rings. The fraction of sp³-hybridized carbons (Fsp3) is 0.200. The number of allylic oxidation sites excluding steroid dienone is 4. The van der Waals surface area contributed by atoms with Crippen molar-refractivity contribution in [3.63, 3.8) is 0 Å². The van der Waals surface area contributed by atoms with Crippen LogP contribution >= 0.6 is 11.6 Å². The summed E-state index contributed by atoms with van der Waals surface area (Å²) in [6, 6.07) is 15.3. The molecule has 27 heavy (non-hydrogen) atoms. The third kappa shape index (κ3) is 2.91. The van der Waals surface area contributed by atoms with Crippen molar-refractivity contribution in [2.45, 2.75) is 32.1 Å². The molecule has 0 bridgehead atoms. The smallest absolute Gasteiger partial charge is 0.123 e. The molecule has 0 radical (unpaired) electrons. The highest BCUT2D eigenvalue weighted by atomic mass is 35.5. The molecule has 0 heterocycles. The van der Waals surface area contributed by atoms with E-state index in [0.29, 0.717) is 0 Å². The molecule has 0 unspecified atom stereocenters. The van der Waals surface area contributed by atoms with Crippen molar-refractivity contribution in [1.29, 1.82) is 0 Å². The van der Waals surface area contributed by atoms with Crippen LogP contribution < -0.4 is 0 Å². The van der Waals surface area contributed by atoms with Crippen LogP contribution in [0.25, 0.3) is 16.3 Å². The number of rotatable bonds is 2. The number of benzene rings is 3. The van der Waals surface area contributed by atoms with E-state index < -0.39 is 0 Å². The predicted molar refractivity (Wildman–Crippen MR) is 112 cm³/mol. The number of aryl methyl sites for hydroxylation is 1. The Morgan fingerprint density at radius 2 is 1.74 bits per heavy atom. The SMILES string of the molecule is Fc1ccc(Cc2ccc(Cl)c3ccc4c(c23)CCC2=C4C=CCC2)cc1. The summed E-state index contributed by atoms with van der Waals surface area (Å²) < 4.78 is 13.3. The van der Waals surface area contributed by atoms with Crippen LogP contribution in [0.4, 0.5) is 4.39 Å². The van der Waals surface area contributed by atoms with Crippen molar-refractivity contribution in [3.8, 4) is 0 Å². The van der Waals surface area contributed by atoms with E-state index in [-0.39, 0.29) is 5.82 Å². The maximum atomic E-state index is 13.3. The van der Waals surface area contributed by atoms with Gasteiger partial charge in [0.15, 0.2) is 0 Å². The molecule has 0 saturated carbocycles. The van der Waals surface area contributed by atoms with E-state index in [4.69, 9.17) is 11.6 Å². The molecule has 3 aromatic carbocycles. The fourth-order valence-corrected chi connectivity index (χ4v) is 4.79. The van der Waals surface area contributed by atoms with Gasteiger partial charge in [0.25, 0.3) is 0 Å². The molecule has 5 rings (SSSR count). The molecule has 0 fully saturated rings. The quantitative estimate of drug-likeness (QED) is 0.442. The van der Waals surface area contributed by atoms with Crippen molar-refractivity contribution in [1.82, 2.24) is 0 Å². The van der Waals surface area contributed by atoms with Crippen LogP contribution in [-0.2, 0) is 12.8 Å². The van der Waals surface area contributed by atoms with Crippen LogP contribution in [-0.4, -0.2) is 0 Å². The molecule has 0 atom stereocenters. The molecule has 2 aliphatic rings. The van der Waals surface area contributed by atoms with Crippen LogP contribution in [0.1, 0.15) is 41.5 Å². The zero-order valence-electron chi connectivity index (χ0n) is 15.1. The Hall–Kier alpha value is -2.38.